The maximum atomic E-state index is 12.2. The van der Waals surface area contributed by atoms with Gasteiger partial charge in [-0.25, -0.2) is 0 Å². The van der Waals surface area contributed by atoms with Crippen LogP contribution >= 0.6 is 12.2 Å². The molecule has 1 atom stereocenters. The van der Waals surface area contributed by atoms with Crippen molar-refractivity contribution in [2.45, 2.75) is 12.7 Å². The van der Waals surface area contributed by atoms with Crippen LogP contribution in [0.15, 0.2) is 48.5 Å². The first-order valence-electron chi connectivity index (χ1n) is 8.42. The summed E-state index contributed by atoms with van der Waals surface area (Å²) in [6.45, 7) is -2.22. The Morgan fingerprint density at radius 3 is 2.41 bits per heavy atom. The maximum Gasteiger partial charge on any atom is 0.387 e. The van der Waals surface area contributed by atoms with Crippen LogP contribution in [0.3, 0.4) is 0 Å². The molecule has 0 saturated heterocycles. The minimum atomic E-state index is -2.84. The molecule has 8 heteroatoms. The number of ether oxygens (including phenoxy) is 2. The Bertz CT molecular complexity index is 742. The first-order valence-corrected chi connectivity index (χ1v) is 8.83. The number of nitrogens with one attached hydrogen (secondary N) is 3. The molecule has 0 aliphatic heterocycles. The van der Waals surface area contributed by atoms with Crippen molar-refractivity contribution >= 4 is 23.0 Å². The largest absolute Gasteiger partial charge is 0.497 e. The van der Waals surface area contributed by atoms with E-state index >= 15 is 0 Å². The summed E-state index contributed by atoms with van der Waals surface area (Å²) < 4.78 is 34.0. The minimum absolute atomic E-state index is 0.101. The molecule has 0 unspecified atom stereocenters. The molecule has 0 aliphatic rings. The monoisotopic (exact) mass is 396 g/mol. The van der Waals surface area contributed by atoms with Gasteiger partial charge in [-0.3, -0.25) is 0 Å². The Morgan fingerprint density at radius 2 is 1.81 bits per heavy atom. The van der Waals surface area contributed by atoms with E-state index in [0.717, 1.165) is 11.3 Å². The maximum absolute atomic E-state index is 12.2. The van der Waals surface area contributed by atoms with Crippen LogP contribution in [0.2, 0.25) is 0 Å². The molecule has 3 N–H and O–H groups in total. The number of thiocarbonyl (C=S) groups is 1. The summed E-state index contributed by atoms with van der Waals surface area (Å²) in [5.74, 6) is 0.911. The highest BCUT2D eigenvalue weighted by atomic mass is 32.1. The lowest BCUT2D eigenvalue weighted by Crippen LogP contribution is -3.07. The second-order valence-electron chi connectivity index (χ2n) is 6.14. The molecule has 0 saturated carbocycles. The van der Waals surface area contributed by atoms with Gasteiger partial charge in [-0.2, -0.15) is 8.78 Å². The summed E-state index contributed by atoms with van der Waals surface area (Å²) in [6, 6.07) is 14.3. The highest BCUT2D eigenvalue weighted by Crippen LogP contribution is 2.18. The average molecular weight is 396 g/mol. The molecule has 2 aromatic rings. The number of anilines is 1. The Morgan fingerprint density at radius 1 is 1.11 bits per heavy atom. The van der Waals surface area contributed by atoms with Crippen molar-refractivity contribution in [2.75, 3.05) is 33.1 Å². The third-order valence-electron chi connectivity index (χ3n) is 4.00. The molecule has 0 fully saturated rings. The molecule has 2 rings (SSSR count). The first kappa shape index (κ1) is 20.9. The van der Waals surface area contributed by atoms with Crippen LogP contribution in [0.5, 0.6) is 11.5 Å². The van der Waals surface area contributed by atoms with E-state index in [-0.39, 0.29) is 11.8 Å². The molecular weight excluding hydrogens is 372 g/mol. The molecule has 0 aliphatic carbocycles. The summed E-state index contributed by atoms with van der Waals surface area (Å²) in [5, 5.41) is 6.69. The zero-order valence-corrected chi connectivity index (χ0v) is 16.3. The number of rotatable bonds is 8. The molecule has 0 spiro atoms. The lowest BCUT2D eigenvalue weighted by molar-refractivity contribution is -0.890. The Kier molecular flexibility index (Phi) is 7.75. The lowest BCUT2D eigenvalue weighted by atomic mass is 10.1. The summed E-state index contributed by atoms with van der Waals surface area (Å²) in [4.78, 5) is 1.24. The molecule has 0 aromatic heterocycles. The van der Waals surface area contributed by atoms with Crippen molar-refractivity contribution < 1.29 is 23.2 Å². The predicted molar refractivity (Wildman–Crippen MR) is 106 cm³/mol. The number of hydrogen-bond donors (Lipinski definition) is 3. The lowest BCUT2D eigenvalue weighted by Gasteiger charge is -2.23. The van der Waals surface area contributed by atoms with Crippen molar-refractivity contribution in [3.8, 4) is 11.5 Å². The van der Waals surface area contributed by atoms with Gasteiger partial charge in [-0.05, 0) is 48.6 Å². The average Bonchev–Trinajstić information content (AvgIpc) is 2.63. The standard InChI is InChI=1S/C19H23F2N3O2S/c1-24(2)17(13-5-4-6-16(11-13)25-3)12-22-19(27)23-14-7-9-15(10-8-14)26-18(20)21/h4-11,17-18H,12H2,1-3H3,(H2,22,23,27)/p+1/t17-/m1/s1. The van der Waals surface area contributed by atoms with Gasteiger partial charge < -0.3 is 25.0 Å². The van der Waals surface area contributed by atoms with Gasteiger partial charge in [-0.15, -0.1) is 0 Å². The number of benzene rings is 2. The van der Waals surface area contributed by atoms with Gasteiger partial charge in [0.1, 0.15) is 17.5 Å². The first-order chi connectivity index (χ1) is 12.9. The van der Waals surface area contributed by atoms with Gasteiger partial charge in [0.05, 0.1) is 27.7 Å². The van der Waals surface area contributed by atoms with Crippen LogP contribution in [0.25, 0.3) is 0 Å². The third kappa shape index (κ3) is 6.65. The molecule has 2 aromatic carbocycles. The third-order valence-corrected chi connectivity index (χ3v) is 4.24. The fourth-order valence-electron chi connectivity index (χ4n) is 2.60. The van der Waals surface area contributed by atoms with Gasteiger partial charge in [0.2, 0.25) is 0 Å². The summed E-state index contributed by atoms with van der Waals surface area (Å²) in [5.41, 5.74) is 1.82. The second-order valence-corrected chi connectivity index (χ2v) is 6.55. The number of methoxy groups -OCH3 is 1. The fourth-order valence-corrected chi connectivity index (χ4v) is 2.80. The van der Waals surface area contributed by atoms with Crippen molar-refractivity contribution in [1.29, 1.82) is 0 Å². The van der Waals surface area contributed by atoms with Crippen LogP contribution in [-0.2, 0) is 0 Å². The van der Waals surface area contributed by atoms with Gasteiger partial charge in [0, 0.05) is 11.3 Å². The highest BCUT2D eigenvalue weighted by molar-refractivity contribution is 7.80. The number of hydrogen-bond acceptors (Lipinski definition) is 3. The van der Waals surface area contributed by atoms with Crippen LogP contribution in [-0.4, -0.2) is 39.5 Å². The molecule has 27 heavy (non-hydrogen) atoms. The minimum Gasteiger partial charge on any atom is -0.497 e. The molecule has 0 radical (unpaired) electrons. The van der Waals surface area contributed by atoms with E-state index in [9.17, 15) is 8.78 Å². The van der Waals surface area contributed by atoms with E-state index in [1.54, 1.807) is 19.2 Å². The Hall–Kier alpha value is -2.45. The molecule has 0 bridgehead atoms. The van der Waals surface area contributed by atoms with Gasteiger partial charge >= 0.3 is 6.61 Å². The Labute approximate surface area is 163 Å². The molecule has 146 valence electrons. The topological polar surface area (TPSA) is 47.0 Å². The summed E-state index contributed by atoms with van der Waals surface area (Å²) in [6.07, 6.45) is 0. The van der Waals surface area contributed by atoms with E-state index < -0.39 is 6.61 Å². The quantitative estimate of drug-likeness (QED) is 0.599. The number of halogens is 2. The fraction of sp³-hybridized carbons (Fsp3) is 0.316. The molecule has 0 heterocycles. The van der Waals surface area contributed by atoms with E-state index in [1.165, 1.54) is 17.0 Å². The van der Waals surface area contributed by atoms with Crippen LogP contribution in [0.1, 0.15) is 11.6 Å². The van der Waals surface area contributed by atoms with Crippen molar-refractivity contribution in [1.82, 2.24) is 5.32 Å². The predicted octanol–water partition coefficient (Wildman–Crippen LogP) is 2.47. The van der Waals surface area contributed by atoms with Gasteiger partial charge in [-0.1, -0.05) is 12.1 Å². The summed E-state index contributed by atoms with van der Waals surface area (Å²) >= 11 is 5.33. The highest BCUT2D eigenvalue weighted by Gasteiger charge is 2.18. The van der Waals surface area contributed by atoms with Crippen LogP contribution < -0.4 is 25.0 Å². The summed E-state index contributed by atoms with van der Waals surface area (Å²) in [7, 11) is 5.79. The smallest absolute Gasteiger partial charge is 0.387 e. The van der Waals surface area contributed by atoms with E-state index in [2.05, 4.69) is 35.5 Å². The zero-order valence-electron chi connectivity index (χ0n) is 15.5. The second kappa shape index (κ2) is 10.0. The number of alkyl halides is 2. The van der Waals surface area contributed by atoms with Crippen molar-refractivity contribution in [3.05, 3.63) is 54.1 Å². The van der Waals surface area contributed by atoms with E-state index in [0.29, 0.717) is 17.3 Å². The number of quaternary nitrogens is 1. The number of likely N-dealkylation sites (N-methyl/N-ethyl adjacent to an activating group) is 1. The van der Waals surface area contributed by atoms with E-state index in [4.69, 9.17) is 17.0 Å². The molecular formula is C19H24F2N3O2S+. The normalized spacial score (nSPS) is 12.0. The SMILES string of the molecule is COc1cccc([C@@H](CNC(=S)Nc2ccc(OC(F)F)cc2)[NH+](C)C)c1. The molecule has 5 nitrogen and oxygen atoms in total. The van der Waals surface area contributed by atoms with Crippen molar-refractivity contribution in [3.63, 3.8) is 0 Å². The Balaban J connectivity index is 1.93. The van der Waals surface area contributed by atoms with Gasteiger partial charge in [0.25, 0.3) is 0 Å². The zero-order chi connectivity index (χ0) is 19.8. The van der Waals surface area contributed by atoms with Crippen LogP contribution in [0.4, 0.5) is 14.5 Å². The van der Waals surface area contributed by atoms with Gasteiger partial charge in [0.15, 0.2) is 5.11 Å². The van der Waals surface area contributed by atoms with Crippen LogP contribution in [0, 0.1) is 0 Å². The van der Waals surface area contributed by atoms with E-state index in [1.807, 2.05) is 18.2 Å². The van der Waals surface area contributed by atoms with Crippen molar-refractivity contribution in [2.24, 2.45) is 0 Å². The molecule has 0 amide bonds.